The van der Waals surface area contributed by atoms with Crippen LogP contribution in [0.25, 0.3) is 11.8 Å². The lowest BCUT2D eigenvalue weighted by molar-refractivity contribution is -0.246. The van der Waals surface area contributed by atoms with E-state index in [2.05, 4.69) is 45.2 Å². The number of fused-ring (bicyclic) bond motifs is 8. The van der Waals surface area contributed by atoms with Crippen molar-refractivity contribution < 1.29 is 28.5 Å². The predicted molar refractivity (Wildman–Crippen MR) is 155 cm³/mol. The molecule has 1 unspecified atom stereocenters. The molecule has 42 heavy (non-hydrogen) atoms. The van der Waals surface area contributed by atoms with E-state index < -0.39 is 11.4 Å². The van der Waals surface area contributed by atoms with Crippen LogP contribution in [0.3, 0.4) is 0 Å². The van der Waals surface area contributed by atoms with E-state index in [0.29, 0.717) is 30.6 Å². The molecule has 3 saturated carbocycles. The van der Waals surface area contributed by atoms with Crippen LogP contribution in [0.4, 0.5) is 0 Å². The summed E-state index contributed by atoms with van der Waals surface area (Å²) in [7, 11) is 0. The van der Waals surface area contributed by atoms with Crippen molar-refractivity contribution in [2.24, 2.45) is 28.6 Å². The minimum Gasteiger partial charge on any atom is -0.494 e. The van der Waals surface area contributed by atoms with Gasteiger partial charge in [-0.3, -0.25) is 4.79 Å². The van der Waals surface area contributed by atoms with Crippen LogP contribution in [0.5, 0.6) is 5.75 Å². The number of unbranched alkanes of at least 4 members (excludes halogenated alkanes) is 1. The smallest absolute Gasteiger partial charge is 0.226 e. The third-order valence-corrected chi connectivity index (χ3v) is 12.0. The normalized spacial score (nSPS) is 40.1. The zero-order valence-corrected chi connectivity index (χ0v) is 25.0. The highest BCUT2D eigenvalue weighted by atomic mass is 16.9. The monoisotopic (exact) mass is 574 g/mol. The summed E-state index contributed by atoms with van der Waals surface area (Å²) in [5.41, 5.74) is 3.47. The van der Waals surface area contributed by atoms with E-state index in [0.717, 1.165) is 68.7 Å². The molecule has 5 fully saturated rings. The van der Waals surface area contributed by atoms with Crippen LogP contribution in [0, 0.1) is 28.6 Å². The molecular formula is C34H42N2O6. The molecule has 2 saturated heterocycles. The van der Waals surface area contributed by atoms with Crippen LogP contribution in [-0.2, 0) is 30.2 Å². The molecule has 0 N–H and O–H groups in total. The SMILES string of the molecule is CCCCOc1ccc(-n2cc3c(n2)C=C2CC[C@@H]4[C@H](C(=O)C[C@@]5(C)[C@H]4CC[C@@]54OCOC45COCO5)[C@@]2(C)C3)cc1. The fourth-order valence-corrected chi connectivity index (χ4v) is 10.0. The van der Waals surface area contributed by atoms with Crippen molar-refractivity contribution in [3.05, 3.63) is 47.3 Å². The highest BCUT2D eigenvalue weighted by Gasteiger charge is 2.76. The van der Waals surface area contributed by atoms with Crippen LogP contribution < -0.4 is 4.74 Å². The van der Waals surface area contributed by atoms with Gasteiger partial charge in [-0.15, -0.1) is 0 Å². The Bertz CT molecular complexity index is 1420. The fraction of sp³-hybridized carbons (Fsp3) is 0.647. The first-order valence-corrected chi connectivity index (χ1v) is 15.9. The molecule has 8 nitrogen and oxygen atoms in total. The lowest BCUT2D eigenvalue weighted by Gasteiger charge is -2.59. The highest BCUT2D eigenvalue weighted by molar-refractivity contribution is 5.86. The lowest BCUT2D eigenvalue weighted by Crippen LogP contribution is -2.65. The average Bonchev–Trinajstić information content (AvgIpc) is 3.75. The van der Waals surface area contributed by atoms with E-state index >= 15 is 0 Å². The van der Waals surface area contributed by atoms with Crippen molar-refractivity contribution in [1.82, 2.24) is 9.78 Å². The van der Waals surface area contributed by atoms with Gasteiger partial charge in [0.25, 0.3) is 0 Å². The van der Waals surface area contributed by atoms with E-state index in [-0.39, 0.29) is 30.3 Å². The molecule has 1 aromatic heterocycles. The fourth-order valence-electron chi connectivity index (χ4n) is 10.0. The van der Waals surface area contributed by atoms with Gasteiger partial charge in [0.1, 0.15) is 23.7 Å². The Morgan fingerprint density at radius 1 is 1.07 bits per heavy atom. The average molecular weight is 575 g/mol. The Kier molecular flexibility index (Phi) is 6.11. The molecule has 7 atom stereocenters. The molecule has 0 bridgehead atoms. The van der Waals surface area contributed by atoms with Gasteiger partial charge in [0.15, 0.2) is 13.6 Å². The third-order valence-electron chi connectivity index (χ3n) is 12.0. The zero-order valence-electron chi connectivity index (χ0n) is 25.0. The number of carbonyl (C=O) groups excluding carboxylic acids is 1. The maximum atomic E-state index is 14.4. The maximum absolute atomic E-state index is 14.4. The lowest BCUT2D eigenvalue weighted by atomic mass is 9.45. The molecule has 8 heteroatoms. The number of benzene rings is 1. The number of ketones is 1. The summed E-state index contributed by atoms with van der Waals surface area (Å²) in [6.45, 7) is 8.29. The molecule has 1 aromatic carbocycles. The summed E-state index contributed by atoms with van der Waals surface area (Å²) in [5.74, 6) is 1.05. The van der Waals surface area contributed by atoms with Crippen molar-refractivity contribution in [3.8, 4) is 11.4 Å². The number of hydrogen-bond acceptors (Lipinski definition) is 7. The van der Waals surface area contributed by atoms with Crippen molar-refractivity contribution in [2.75, 3.05) is 26.8 Å². The molecule has 6 aliphatic rings. The number of rotatable bonds is 5. The van der Waals surface area contributed by atoms with Gasteiger partial charge >= 0.3 is 0 Å². The number of nitrogens with zero attached hydrogens (tertiary/aromatic N) is 2. The third kappa shape index (κ3) is 3.55. The minimum absolute atomic E-state index is 0.000737. The molecule has 2 aromatic rings. The second-order valence-corrected chi connectivity index (χ2v) is 13.9. The summed E-state index contributed by atoms with van der Waals surface area (Å²) in [6.07, 6.45) is 11.9. The van der Waals surface area contributed by atoms with Gasteiger partial charge in [0, 0.05) is 29.4 Å². The molecular weight excluding hydrogens is 532 g/mol. The topological polar surface area (TPSA) is 81.0 Å². The minimum atomic E-state index is -0.901. The van der Waals surface area contributed by atoms with Gasteiger partial charge in [-0.2, -0.15) is 5.10 Å². The van der Waals surface area contributed by atoms with Gasteiger partial charge in [0.2, 0.25) is 5.79 Å². The molecule has 2 aliphatic heterocycles. The molecule has 3 heterocycles. The summed E-state index contributed by atoms with van der Waals surface area (Å²) in [6, 6.07) is 8.18. The Morgan fingerprint density at radius 2 is 1.90 bits per heavy atom. The molecule has 4 aliphatic carbocycles. The van der Waals surface area contributed by atoms with Crippen LogP contribution >= 0.6 is 0 Å². The van der Waals surface area contributed by atoms with Gasteiger partial charge in [0.05, 0.1) is 18.0 Å². The number of ether oxygens (including phenoxy) is 5. The number of allylic oxidation sites excluding steroid dienone is 1. The highest BCUT2D eigenvalue weighted by Crippen LogP contribution is 2.70. The molecule has 2 spiro atoms. The van der Waals surface area contributed by atoms with E-state index in [9.17, 15) is 4.79 Å². The second kappa shape index (κ2) is 9.49. The van der Waals surface area contributed by atoms with Crippen LogP contribution in [0.2, 0.25) is 0 Å². The van der Waals surface area contributed by atoms with Crippen LogP contribution in [0.1, 0.15) is 77.0 Å². The zero-order chi connectivity index (χ0) is 28.7. The van der Waals surface area contributed by atoms with Crippen molar-refractivity contribution >= 4 is 11.9 Å². The number of hydrogen-bond donors (Lipinski definition) is 0. The molecule has 224 valence electrons. The van der Waals surface area contributed by atoms with E-state index in [1.165, 1.54) is 11.1 Å². The first kappa shape index (κ1) is 27.1. The van der Waals surface area contributed by atoms with Crippen LogP contribution in [0.15, 0.2) is 36.0 Å². The quantitative estimate of drug-likeness (QED) is 0.414. The Labute approximate surface area is 247 Å². The molecule has 0 radical (unpaired) electrons. The van der Waals surface area contributed by atoms with Crippen molar-refractivity contribution in [3.63, 3.8) is 0 Å². The number of Topliss-reactive ketones (excluding diaryl/α,β-unsaturated/α-hetero) is 1. The Hall–Kier alpha value is -2.52. The second-order valence-electron chi connectivity index (χ2n) is 13.9. The van der Waals surface area contributed by atoms with Gasteiger partial charge in [-0.1, -0.05) is 32.8 Å². The predicted octanol–water partition coefficient (Wildman–Crippen LogP) is 5.86. The molecule has 0 amide bonds. The Balaban J connectivity index is 1.07. The summed E-state index contributed by atoms with van der Waals surface area (Å²) < 4.78 is 32.3. The van der Waals surface area contributed by atoms with Crippen LogP contribution in [-0.4, -0.2) is 53.8 Å². The van der Waals surface area contributed by atoms with E-state index in [4.69, 9.17) is 28.8 Å². The first-order chi connectivity index (χ1) is 20.3. The largest absolute Gasteiger partial charge is 0.494 e. The first-order valence-electron chi connectivity index (χ1n) is 15.9. The van der Waals surface area contributed by atoms with Crippen molar-refractivity contribution in [1.29, 1.82) is 0 Å². The summed E-state index contributed by atoms with van der Waals surface area (Å²) in [4.78, 5) is 14.4. The summed E-state index contributed by atoms with van der Waals surface area (Å²) in [5, 5.41) is 4.98. The van der Waals surface area contributed by atoms with E-state index in [1.54, 1.807) is 0 Å². The van der Waals surface area contributed by atoms with Crippen molar-refractivity contribution in [2.45, 2.75) is 83.5 Å². The van der Waals surface area contributed by atoms with Gasteiger partial charge < -0.3 is 23.7 Å². The number of carbonyl (C=O) groups is 1. The number of aromatic nitrogens is 2. The Morgan fingerprint density at radius 3 is 2.69 bits per heavy atom. The van der Waals surface area contributed by atoms with E-state index in [1.807, 2.05) is 16.8 Å². The summed E-state index contributed by atoms with van der Waals surface area (Å²) >= 11 is 0. The van der Waals surface area contributed by atoms with Gasteiger partial charge in [-0.05, 0) is 86.3 Å². The maximum Gasteiger partial charge on any atom is 0.226 e. The van der Waals surface area contributed by atoms with Gasteiger partial charge in [-0.25, -0.2) is 4.68 Å². The molecule has 8 rings (SSSR count). The standard InChI is InChI=1S/C34H42N2O6/c1-4-5-14-39-25-9-7-24(8-10-25)36-18-22-16-31(2)23(15-28(22)35-36)6-11-26-27-12-13-33(32(27,3)17-29(37)30(26)31)34(42-21-40-33)19-38-20-41-34/h7-10,15,18,26-27,30H,4-6,11-14,16-17,19-21H2,1-3H3/t26-,27-,30+,31-,32-,33+,34?/m0/s1.